The van der Waals surface area contributed by atoms with Crippen LogP contribution in [0.5, 0.6) is 5.75 Å². The molecule has 1 aromatic carbocycles. The monoisotopic (exact) mass is 356 g/mol. The van der Waals surface area contributed by atoms with Gasteiger partial charge in [0, 0.05) is 35.1 Å². The molecular weight excluding hydrogens is 336 g/mol. The summed E-state index contributed by atoms with van der Waals surface area (Å²) in [7, 11) is 1.62. The Labute approximate surface area is 150 Å². The van der Waals surface area contributed by atoms with Crippen molar-refractivity contribution >= 4 is 28.2 Å². The third-order valence-electron chi connectivity index (χ3n) is 4.84. The molecule has 4 rings (SSSR count). The number of fused-ring (bicyclic) bond motifs is 1. The Bertz CT molecular complexity index is 901. The molecule has 0 spiro atoms. The molecule has 1 unspecified atom stereocenters. The fraction of sp³-hybridized carbons (Fsp3) is 0.368. The molecule has 1 saturated heterocycles. The van der Waals surface area contributed by atoms with Crippen LogP contribution in [0.25, 0.3) is 11.0 Å². The number of amides is 1. The summed E-state index contributed by atoms with van der Waals surface area (Å²) in [6.07, 6.45) is 4.88. The molecular formula is C19H20N2O3S. The van der Waals surface area contributed by atoms with Crippen LogP contribution in [0.4, 0.5) is 0 Å². The highest BCUT2D eigenvalue weighted by Gasteiger charge is 2.33. The number of furan rings is 1. The van der Waals surface area contributed by atoms with E-state index in [1.165, 1.54) is 0 Å². The highest BCUT2D eigenvalue weighted by Crippen LogP contribution is 2.35. The zero-order valence-electron chi connectivity index (χ0n) is 14.3. The molecule has 0 N–H and O–H groups in total. The van der Waals surface area contributed by atoms with Gasteiger partial charge in [-0.3, -0.25) is 4.79 Å². The van der Waals surface area contributed by atoms with E-state index in [2.05, 4.69) is 4.98 Å². The van der Waals surface area contributed by atoms with Crippen LogP contribution in [0.1, 0.15) is 46.4 Å². The van der Waals surface area contributed by atoms with Crippen molar-refractivity contribution in [2.45, 2.75) is 32.2 Å². The van der Waals surface area contributed by atoms with E-state index in [1.54, 1.807) is 24.6 Å². The van der Waals surface area contributed by atoms with Crippen molar-refractivity contribution < 1.29 is 13.9 Å². The van der Waals surface area contributed by atoms with Crippen molar-refractivity contribution in [1.82, 2.24) is 9.88 Å². The summed E-state index contributed by atoms with van der Waals surface area (Å²) in [5.74, 6) is 1.10. The summed E-state index contributed by atoms with van der Waals surface area (Å²) in [6.45, 7) is 2.68. The second-order valence-electron chi connectivity index (χ2n) is 6.30. The first-order valence-electron chi connectivity index (χ1n) is 8.46. The molecule has 25 heavy (non-hydrogen) atoms. The Morgan fingerprint density at radius 1 is 1.40 bits per heavy atom. The minimum absolute atomic E-state index is 0.0448. The number of thiazole rings is 1. The summed E-state index contributed by atoms with van der Waals surface area (Å²) in [5.41, 5.74) is 1.56. The van der Waals surface area contributed by atoms with E-state index in [1.807, 2.05) is 35.4 Å². The van der Waals surface area contributed by atoms with Crippen LogP contribution in [0.15, 0.2) is 34.2 Å². The lowest BCUT2D eigenvalue weighted by atomic mass is 10.0. The highest BCUT2D eigenvalue weighted by atomic mass is 32.1. The average Bonchev–Trinajstić information content (AvgIpc) is 3.29. The Kier molecular flexibility index (Phi) is 4.21. The minimum Gasteiger partial charge on any atom is -0.497 e. The van der Waals surface area contributed by atoms with Crippen LogP contribution in [-0.2, 0) is 0 Å². The maximum Gasteiger partial charge on any atom is 0.290 e. The van der Waals surface area contributed by atoms with Crippen LogP contribution in [0.2, 0.25) is 0 Å². The Morgan fingerprint density at radius 2 is 2.28 bits per heavy atom. The third kappa shape index (κ3) is 2.80. The molecule has 0 saturated carbocycles. The molecule has 3 aromatic rings. The molecule has 1 fully saturated rings. The molecule has 5 nitrogen and oxygen atoms in total. The summed E-state index contributed by atoms with van der Waals surface area (Å²) in [5, 5.41) is 3.92. The Hall–Kier alpha value is -2.34. The number of carbonyl (C=O) groups is 1. The SMILES string of the molecule is COc1ccc2c(C)c(C(=O)N3CCCCC3c3nccs3)oc2c1. The van der Waals surface area contributed by atoms with Gasteiger partial charge in [-0.2, -0.15) is 0 Å². The number of hydrogen-bond acceptors (Lipinski definition) is 5. The molecule has 1 aliphatic rings. The van der Waals surface area contributed by atoms with Gasteiger partial charge in [-0.15, -0.1) is 11.3 Å². The molecule has 6 heteroatoms. The fourth-order valence-electron chi connectivity index (χ4n) is 3.50. The van der Waals surface area contributed by atoms with E-state index in [-0.39, 0.29) is 11.9 Å². The molecule has 2 aromatic heterocycles. The number of ether oxygens (including phenoxy) is 1. The van der Waals surface area contributed by atoms with Crippen LogP contribution in [-0.4, -0.2) is 29.4 Å². The largest absolute Gasteiger partial charge is 0.497 e. The van der Waals surface area contributed by atoms with Crippen molar-refractivity contribution in [3.8, 4) is 5.75 Å². The number of methoxy groups -OCH3 is 1. The zero-order chi connectivity index (χ0) is 17.4. The van der Waals surface area contributed by atoms with Gasteiger partial charge in [0.2, 0.25) is 0 Å². The number of benzene rings is 1. The summed E-state index contributed by atoms with van der Waals surface area (Å²) in [6, 6.07) is 5.70. The summed E-state index contributed by atoms with van der Waals surface area (Å²) in [4.78, 5) is 19.6. The second kappa shape index (κ2) is 6.52. The van der Waals surface area contributed by atoms with E-state index in [0.29, 0.717) is 11.3 Å². The van der Waals surface area contributed by atoms with Gasteiger partial charge in [-0.05, 0) is 38.3 Å². The number of rotatable bonds is 3. The van der Waals surface area contributed by atoms with E-state index >= 15 is 0 Å². The van der Waals surface area contributed by atoms with Crippen molar-refractivity contribution in [1.29, 1.82) is 0 Å². The van der Waals surface area contributed by atoms with E-state index in [9.17, 15) is 4.79 Å². The van der Waals surface area contributed by atoms with Gasteiger partial charge in [0.25, 0.3) is 5.91 Å². The molecule has 0 radical (unpaired) electrons. The normalized spacial score (nSPS) is 17.8. The summed E-state index contributed by atoms with van der Waals surface area (Å²) >= 11 is 1.61. The van der Waals surface area contributed by atoms with Crippen molar-refractivity contribution in [3.05, 3.63) is 46.1 Å². The van der Waals surface area contributed by atoms with E-state index < -0.39 is 0 Å². The molecule has 0 aliphatic carbocycles. The fourth-order valence-corrected chi connectivity index (χ4v) is 4.28. The lowest BCUT2D eigenvalue weighted by molar-refractivity contribution is 0.0580. The van der Waals surface area contributed by atoms with Crippen LogP contribution >= 0.6 is 11.3 Å². The Balaban J connectivity index is 1.71. The quantitative estimate of drug-likeness (QED) is 0.689. The lowest BCUT2D eigenvalue weighted by Gasteiger charge is -2.34. The number of hydrogen-bond donors (Lipinski definition) is 0. The molecule has 3 heterocycles. The first kappa shape index (κ1) is 16.1. The summed E-state index contributed by atoms with van der Waals surface area (Å²) < 4.78 is 11.2. The zero-order valence-corrected chi connectivity index (χ0v) is 15.1. The first-order valence-corrected chi connectivity index (χ1v) is 9.34. The van der Waals surface area contributed by atoms with Crippen molar-refractivity contribution in [2.75, 3.05) is 13.7 Å². The first-order chi connectivity index (χ1) is 12.2. The number of aryl methyl sites for hydroxylation is 1. The molecule has 1 amide bonds. The third-order valence-corrected chi connectivity index (χ3v) is 5.72. The molecule has 1 atom stereocenters. The van der Waals surface area contributed by atoms with Gasteiger partial charge in [0.15, 0.2) is 5.76 Å². The van der Waals surface area contributed by atoms with Gasteiger partial charge in [-0.1, -0.05) is 0 Å². The van der Waals surface area contributed by atoms with Crippen LogP contribution < -0.4 is 4.74 Å². The van der Waals surface area contributed by atoms with Gasteiger partial charge >= 0.3 is 0 Å². The number of aromatic nitrogens is 1. The Morgan fingerprint density at radius 3 is 3.04 bits per heavy atom. The standard InChI is InChI=1S/C19H20N2O3S/c1-12-14-7-6-13(23-2)11-16(14)24-17(12)19(22)21-9-4-3-5-15(21)18-20-8-10-25-18/h6-8,10-11,15H,3-5,9H2,1-2H3. The number of nitrogens with zero attached hydrogens (tertiary/aromatic N) is 2. The minimum atomic E-state index is -0.0485. The van der Waals surface area contributed by atoms with E-state index in [0.717, 1.165) is 47.5 Å². The lowest BCUT2D eigenvalue weighted by Crippen LogP contribution is -2.38. The number of piperidine rings is 1. The molecule has 130 valence electrons. The van der Waals surface area contributed by atoms with E-state index in [4.69, 9.17) is 9.15 Å². The second-order valence-corrected chi connectivity index (χ2v) is 7.22. The van der Waals surface area contributed by atoms with Gasteiger partial charge in [-0.25, -0.2) is 4.98 Å². The van der Waals surface area contributed by atoms with Crippen molar-refractivity contribution in [2.24, 2.45) is 0 Å². The maximum absolute atomic E-state index is 13.2. The maximum atomic E-state index is 13.2. The predicted octanol–water partition coefficient (Wildman–Crippen LogP) is 4.57. The van der Waals surface area contributed by atoms with Crippen LogP contribution in [0, 0.1) is 6.92 Å². The molecule has 0 bridgehead atoms. The van der Waals surface area contributed by atoms with Gasteiger partial charge < -0.3 is 14.1 Å². The molecule has 1 aliphatic heterocycles. The van der Waals surface area contributed by atoms with Gasteiger partial charge in [0.1, 0.15) is 16.3 Å². The number of carbonyl (C=O) groups excluding carboxylic acids is 1. The average molecular weight is 356 g/mol. The topological polar surface area (TPSA) is 55.6 Å². The van der Waals surface area contributed by atoms with Crippen LogP contribution in [0.3, 0.4) is 0 Å². The predicted molar refractivity (Wildman–Crippen MR) is 97.2 cm³/mol. The van der Waals surface area contributed by atoms with Gasteiger partial charge in [0.05, 0.1) is 13.2 Å². The highest BCUT2D eigenvalue weighted by molar-refractivity contribution is 7.09. The smallest absolute Gasteiger partial charge is 0.290 e. The van der Waals surface area contributed by atoms with Crippen molar-refractivity contribution in [3.63, 3.8) is 0 Å². The number of likely N-dealkylation sites (tertiary alicyclic amines) is 1.